The summed E-state index contributed by atoms with van der Waals surface area (Å²) >= 11 is 3.32. The van der Waals surface area contributed by atoms with Gasteiger partial charge in [-0.2, -0.15) is 5.26 Å². The minimum absolute atomic E-state index is 0.266. The molecule has 0 unspecified atom stereocenters. The predicted octanol–water partition coefficient (Wildman–Crippen LogP) is 7.31. The van der Waals surface area contributed by atoms with Crippen LogP contribution in [0.5, 0.6) is 0 Å². The van der Waals surface area contributed by atoms with Gasteiger partial charge in [-0.3, -0.25) is 0 Å². The molecule has 32 heavy (non-hydrogen) atoms. The summed E-state index contributed by atoms with van der Waals surface area (Å²) in [6, 6.07) is 18.7. The number of carboxylic acid groups (broad SMARTS) is 1. The van der Waals surface area contributed by atoms with E-state index in [4.69, 9.17) is 10.4 Å². The summed E-state index contributed by atoms with van der Waals surface area (Å²) in [7, 11) is 0. The predicted molar refractivity (Wildman–Crippen MR) is 133 cm³/mol. The number of rotatable bonds is 7. The van der Waals surface area contributed by atoms with Gasteiger partial charge in [0.15, 0.2) is 0 Å². The van der Waals surface area contributed by atoms with Crippen LogP contribution in [0.4, 0.5) is 11.4 Å². The van der Waals surface area contributed by atoms with Crippen LogP contribution in [0.3, 0.4) is 0 Å². The molecule has 0 fully saturated rings. The van der Waals surface area contributed by atoms with Crippen LogP contribution in [0, 0.1) is 11.3 Å². The number of aliphatic carboxylic acids is 1. The van der Waals surface area contributed by atoms with Gasteiger partial charge in [0.05, 0.1) is 11.4 Å². The van der Waals surface area contributed by atoms with E-state index < -0.39 is 5.97 Å². The van der Waals surface area contributed by atoms with E-state index >= 15 is 0 Å². The van der Waals surface area contributed by atoms with Gasteiger partial charge in [0, 0.05) is 21.2 Å². The summed E-state index contributed by atoms with van der Waals surface area (Å²) in [4.78, 5) is 17.0. The molecule has 160 valence electrons. The number of carboxylic acids is 1. The third kappa shape index (κ3) is 4.80. The topological polar surface area (TPSA) is 64.3 Å². The molecule has 1 aliphatic heterocycles. The van der Waals surface area contributed by atoms with Crippen molar-refractivity contribution in [2.24, 2.45) is 0 Å². The monoisotopic (exact) mass is 458 g/mol. The number of benzene rings is 2. The molecule has 2 aromatic carbocycles. The number of nitriles is 1. The van der Waals surface area contributed by atoms with Gasteiger partial charge in [-0.25, -0.2) is 4.79 Å². The Morgan fingerprint density at radius 1 is 1.09 bits per heavy atom. The van der Waals surface area contributed by atoms with Crippen LogP contribution < -0.4 is 4.90 Å². The van der Waals surface area contributed by atoms with E-state index in [9.17, 15) is 4.79 Å². The van der Waals surface area contributed by atoms with Crippen LogP contribution in [-0.4, -0.2) is 17.6 Å². The fraction of sp³-hybridized carbons (Fsp3) is 0.154. The number of hydrogen-bond acceptors (Lipinski definition) is 5. The summed E-state index contributed by atoms with van der Waals surface area (Å²) in [6.07, 6.45) is 7.78. The molecule has 0 bridgehead atoms. The standard InChI is InChI=1S/C26H22N2O2S2/c1-2-3-12-28-22-6-4-5-7-24(22)32-25-15-18(9-11-23(25)28)8-10-21-14-19(17-31-21)13-20(16-27)26(29)30/h4-11,13-15,17H,2-3,12H2,1H3,(H,29,30)/b10-8+,20-13-. The lowest BCUT2D eigenvalue weighted by molar-refractivity contribution is -0.132. The van der Waals surface area contributed by atoms with E-state index in [1.807, 2.05) is 17.5 Å². The van der Waals surface area contributed by atoms with Crippen LogP contribution in [-0.2, 0) is 4.79 Å². The van der Waals surface area contributed by atoms with E-state index in [0.29, 0.717) is 0 Å². The van der Waals surface area contributed by atoms with Gasteiger partial charge in [0.2, 0.25) is 0 Å². The third-order valence-electron chi connectivity index (χ3n) is 5.13. The van der Waals surface area contributed by atoms with Gasteiger partial charge < -0.3 is 10.0 Å². The molecule has 0 spiro atoms. The normalized spacial score (nSPS) is 13.0. The van der Waals surface area contributed by atoms with Crippen molar-refractivity contribution >= 4 is 58.7 Å². The van der Waals surface area contributed by atoms with Crippen LogP contribution in [0.15, 0.2) is 69.3 Å². The van der Waals surface area contributed by atoms with Crippen LogP contribution >= 0.6 is 23.1 Å². The van der Waals surface area contributed by atoms with Crippen molar-refractivity contribution < 1.29 is 9.90 Å². The lowest BCUT2D eigenvalue weighted by atomic mass is 10.1. The van der Waals surface area contributed by atoms with Crippen molar-refractivity contribution in [2.45, 2.75) is 29.6 Å². The fourth-order valence-corrected chi connectivity index (χ4v) is 5.43. The number of nitrogens with zero attached hydrogens (tertiary/aromatic N) is 2. The van der Waals surface area contributed by atoms with Crippen molar-refractivity contribution in [1.29, 1.82) is 5.26 Å². The quantitative estimate of drug-likeness (QED) is 0.297. The maximum atomic E-state index is 11.0. The number of para-hydroxylation sites is 1. The molecule has 0 saturated heterocycles. The van der Waals surface area contributed by atoms with Crippen molar-refractivity contribution in [3.63, 3.8) is 0 Å². The van der Waals surface area contributed by atoms with E-state index in [2.05, 4.69) is 60.4 Å². The first kappa shape index (κ1) is 21.9. The second-order valence-corrected chi connectivity index (χ2v) is 9.42. The Kier molecular flexibility index (Phi) is 6.79. The second-order valence-electron chi connectivity index (χ2n) is 7.39. The molecule has 1 aromatic heterocycles. The molecule has 2 heterocycles. The molecule has 3 aromatic rings. The Morgan fingerprint density at radius 2 is 1.91 bits per heavy atom. The zero-order valence-electron chi connectivity index (χ0n) is 17.6. The number of fused-ring (bicyclic) bond motifs is 2. The first-order valence-electron chi connectivity index (χ1n) is 10.4. The third-order valence-corrected chi connectivity index (χ3v) is 7.16. The highest BCUT2D eigenvalue weighted by molar-refractivity contribution is 7.99. The average molecular weight is 459 g/mol. The summed E-state index contributed by atoms with van der Waals surface area (Å²) in [5, 5.41) is 19.8. The molecule has 0 aliphatic carbocycles. The molecule has 0 atom stereocenters. The Hall–Kier alpha value is -3.27. The zero-order valence-corrected chi connectivity index (χ0v) is 19.2. The van der Waals surface area contributed by atoms with E-state index in [1.54, 1.807) is 17.8 Å². The Morgan fingerprint density at radius 3 is 2.69 bits per heavy atom. The fourth-order valence-electron chi connectivity index (χ4n) is 3.53. The summed E-state index contributed by atoms with van der Waals surface area (Å²) in [5.41, 5.74) is 4.09. The molecular formula is C26H22N2O2S2. The van der Waals surface area contributed by atoms with Gasteiger partial charge in [0.1, 0.15) is 11.6 Å². The van der Waals surface area contributed by atoms with Crippen LogP contribution in [0.1, 0.15) is 35.8 Å². The minimum Gasteiger partial charge on any atom is -0.477 e. The van der Waals surface area contributed by atoms with Gasteiger partial charge in [-0.1, -0.05) is 49.4 Å². The molecule has 0 radical (unpaired) electrons. The summed E-state index contributed by atoms with van der Waals surface area (Å²) in [6.45, 7) is 3.22. The first-order chi connectivity index (χ1) is 15.6. The number of anilines is 2. The highest BCUT2D eigenvalue weighted by Crippen LogP contribution is 2.48. The lowest BCUT2D eigenvalue weighted by Gasteiger charge is -2.33. The second kappa shape index (κ2) is 9.90. The highest BCUT2D eigenvalue weighted by Gasteiger charge is 2.22. The molecule has 6 heteroatoms. The van der Waals surface area contributed by atoms with Crippen LogP contribution in [0.25, 0.3) is 18.2 Å². The minimum atomic E-state index is -1.21. The number of hydrogen-bond donors (Lipinski definition) is 1. The Balaban J connectivity index is 1.57. The molecular weight excluding hydrogens is 436 g/mol. The van der Waals surface area contributed by atoms with Crippen molar-refractivity contribution in [1.82, 2.24) is 0 Å². The lowest BCUT2D eigenvalue weighted by Crippen LogP contribution is -2.21. The molecule has 1 N–H and O–H groups in total. The average Bonchev–Trinajstić information content (AvgIpc) is 3.26. The first-order valence-corrected chi connectivity index (χ1v) is 12.1. The highest BCUT2D eigenvalue weighted by atomic mass is 32.2. The van der Waals surface area contributed by atoms with E-state index in [1.165, 1.54) is 38.6 Å². The maximum Gasteiger partial charge on any atom is 0.346 e. The Bertz CT molecular complexity index is 1250. The summed E-state index contributed by atoms with van der Waals surface area (Å²) in [5.74, 6) is -1.21. The van der Waals surface area contributed by atoms with E-state index in [-0.39, 0.29) is 5.57 Å². The molecule has 0 saturated carbocycles. The van der Waals surface area contributed by atoms with Crippen LogP contribution in [0.2, 0.25) is 0 Å². The van der Waals surface area contributed by atoms with Gasteiger partial charge in [-0.05, 0) is 65.4 Å². The van der Waals surface area contributed by atoms with Crippen molar-refractivity contribution in [3.05, 3.63) is 75.5 Å². The van der Waals surface area contributed by atoms with Gasteiger partial charge in [-0.15, -0.1) is 11.3 Å². The number of thiophene rings is 1. The van der Waals surface area contributed by atoms with Crippen molar-refractivity contribution in [3.8, 4) is 6.07 Å². The zero-order chi connectivity index (χ0) is 22.5. The van der Waals surface area contributed by atoms with Gasteiger partial charge in [0.25, 0.3) is 0 Å². The molecule has 0 amide bonds. The molecule has 4 nitrogen and oxygen atoms in total. The largest absolute Gasteiger partial charge is 0.477 e. The molecule has 1 aliphatic rings. The number of carbonyl (C=O) groups is 1. The Labute approximate surface area is 196 Å². The SMILES string of the molecule is CCCCN1c2ccccc2Sc2cc(/C=C/c3cc(/C=C(/C#N)C(=O)O)cs3)ccc21. The van der Waals surface area contributed by atoms with Crippen molar-refractivity contribution in [2.75, 3.05) is 11.4 Å². The molecule has 4 rings (SSSR count). The maximum absolute atomic E-state index is 11.0. The number of unbranched alkanes of at least 4 members (excludes halogenated alkanes) is 1. The summed E-state index contributed by atoms with van der Waals surface area (Å²) < 4.78 is 0. The smallest absolute Gasteiger partial charge is 0.346 e. The van der Waals surface area contributed by atoms with E-state index in [0.717, 1.165) is 35.4 Å². The van der Waals surface area contributed by atoms with Gasteiger partial charge >= 0.3 is 5.97 Å².